The van der Waals surface area contributed by atoms with Crippen molar-refractivity contribution in [3.63, 3.8) is 0 Å². The van der Waals surface area contributed by atoms with Gasteiger partial charge in [0.1, 0.15) is 0 Å². The number of anilines is 1. The van der Waals surface area contributed by atoms with Gasteiger partial charge in [-0.1, -0.05) is 0 Å². The molecule has 0 aromatic heterocycles. The largest absolute Gasteiger partial charge is 0.314 e. The second-order valence-electron chi connectivity index (χ2n) is 4.78. The topological polar surface area (TPSA) is 37.4 Å². The quantitative estimate of drug-likeness (QED) is 0.598. The summed E-state index contributed by atoms with van der Waals surface area (Å²) in [5.74, 6) is -0.113. The van der Waals surface area contributed by atoms with Gasteiger partial charge >= 0.3 is 0 Å². The van der Waals surface area contributed by atoms with Gasteiger partial charge in [0, 0.05) is 18.3 Å². The first-order valence-electron chi connectivity index (χ1n) is 5.41. The zero-order valence-corrected chi connectivity index (χ0v) is 10.8. The molecular formula is C13H14ClNO2. The number of nitrogens with zero attached hydrogens (tertiary/aromatic N) is 1. The van der Waals surface area contributed by atoms with Gasteiger partial charge in [0.25, 0.3) is 0 Å². The summed E-state index contributed by atoms with van der Waals surface area (Å²) in [6.45, 7) is 3.74. The fourth-order valence-electron chi connectivity index (χ4n) is 2.22. The maximum atomic E-state index is 12.0. The molecule has 0 unspecified atom stereocenters. The first kappa shape index (κ1) is 12.1. The molecule has 1 aromatic rings. The number of hydrogen-bond acceptors (Lipinski definition) is 2. The molecule has 4 heteroatoms. The van der Waals surface area contributed by atoms with E-state index in [0.29, 0.717) is 5.56 Å². The Balaban J connectivity index is 2.58. The molecule has 1 heterocycles. The molecule has 1 aliphatic heterocycles. The third-order valence-corrected chi connectivity index (χ3v) is 3.56. The highest BCUT2D eigenvalue weighted by Gasteiger charge is 2.42. The van der Waals surface area contributed by atoms with Crippen molar-refractivity contribution >= 4 is 29.0 Å². The molecule has 0 bridgehead atoms. The number of benzene rings is 1. The average molecular weight is 252 g/mol. The minimum atomic E-state index is -0.577. The highest BCUT2D eigenvalue weighted by Crippen LogP contribution is 2.41. The second kappa shape index (κ2) is 3.84. The van der Waals surface area contributed by atoms with E-state index in [9.17, 15) is 9.59 Å². The number of rotatable bonds is 2. The summed E-state index contributed by atoms with van der Waals surface area (Å²) >= 11 is 5.54. The van der Waals surface area contributed by atoms with Crippen LogP contribution in [0, 0.1) is 0 Å². The van der Waals surface area contributed by atoms with Crippen LogP contribution in [0.2, 0.25) is 0 Å². The van der Waals surface area contributed by atoms with Crippen molar-refractivity contribution in [2.75, 3.05) is 17.8 Å². The number of amides is 1. The Kier molecular flexibility index (Phi) is 2.74. The standard InChI is InChI=1S/C13H14ClNO2/c1-13(2)9-6-8(11(16)7-14)4-5-10(9)15(3)12(13)17/h4-6H,7H2,1-3H3. The van der Waals surface area contributed by atoms with Gasteiger partial charge < -0.3 is 4.90 Å². The number of halogens is 1. The Morgan fingerprint density at radius 1 is 1.41 bits per heavy atom. The van der Waals surface area contributed by atoms with E-state index in [1.54, 1.807) is 24.1 Å². The molecule has 0 N–H and O–H groups in total. The summed E-state index contributed by atoms with van der Waals surface area (Å²) in [6, 6.07) is 5.30. The highest BCUT2D eigenvalue weighted by molar-refractivity contribution is 6.30. The maximum absolute atomic E-state index is 12.0. The van der Waals surface area contributed by atoms with E-state index in [1.165, 1.54) is 0 Å². The minimum Gasteiger partial charge on any atom is -0.314 e. The molecule has 1 aliphatic rings. The highest BCUT2D eigenvalue weighted by atomic mass is 35.5. The van der Waals surface area contributed by atoms with Gasteiger partial charge in [-0.3, -0.25) is 9.59 Å². The van der Waals surface area contributed by atoms with Crippen LogP contribution in [0.5, 0.6) is 0 Å². The van der Waals surface area contributed by atoms with Gasteiger partial charge in [0.15, 0.2) is 5.78 Å². The number of carbonyl (C=O) groups is 2. The zero-order valence-electron chi connectivity index (χ0n) is 10.1. The van der Waals surface area contributed by atoms with Crippen molar-refractivity contribution in [1.29, 1.82) is 0 Å². The Labute approximate surface area is 105 Å². The van der Waals surface area contributed by atoms with E-state index in [1.807, 2.05) is 19.9 Å². The Morgan fingerprint density at radius 3 is 2.65 bits per heavy atom. The summed E-state index contributed by atoms with van der Waals surface area (Å²) in [6.07, 6.45) is 0. The first-order chi connectivity index (χ1) is 7.89. The lowest BCUT2D eigenvalue weighted by atomic mass is 9.85. The van der Waals surface area contributed by atoms with Gasteiger partial charge in [0.05, 0.1) is 11.3 Å². The lowest BCUT2D eigenvalue weighted by molar-refractivity contribution is -0.121. The number of Topliss-reactive ketones (excluding diaryl/α,β-unsaturated/α-hetero) is 1. The molecule has 1 aromatic carbocycles. The fraction of sp³-hybridized carbons (Fsp3) is 0.385. The monoisotopic (exact) mass is 251 g/mol. The molecule has 1 amide bonds. The van der Waals surface area contributed by atoms with Crippen molar-refractivity contribution in [3.8, 4) is 0 Å². The van der Waals surface area contributed by atoms with Crippen LogP contribution in [0.15, 0.2) is 18.2 Å². The SMILES string of the molecule is CN1C(=O)C(C)(C)c2cc(C(=O)CCl)ccc21. The zero-order chi connectivity index (χ0) is 12.8. The van der Waals surface area contributed by atoms with E-state index < -0.39 is 5.41 Å². The summed E-state index contributed by atoms with van der Waals surface area (Å²) in [5, 5.41) is 0. The van der Waals surface area contributed by atoms with Crippen LogP contribution in [-0.4, -0.2) is 24.6 Å². The van der Waals surface area contributed by atoms with Crippen LogP contribution in [0.1, 0.15) is 29.8 Å². The summed E-state index contributed by atoms with van der Waals surface area (Å²) < 4.78 is 0. The molecule has 3 nitrogen and oxygen atoms in total. The van der Waals surface area contributed by atoms with E-state index in [-0.39, 0.29) is 17.6 Å². The predicted octanol–water partition coefficient (Wildman–Crippen LogP) is 2.36. The number of carbonyl (C=O) groups excluding carboxylic acids is 2. The lowest BCUT2D eigenvalue weighted by Gasteiger charge is -2.16. The van der Waals surface area contributed by atoms with Crippen LogP contribution in [-0.2, 0) is 10.2 Å². The van der Waals surface area contributed by atoms with Crippen LogP contribution in [0.3, 0.4) is 0 Å². The lowest BCUT2D eigenvalue weighted by Crippen LogP contribution is -2.33. The minimum absolute atomic E-state index is 0.0387. The molecule has 90 valence electrons. The van der Waals surface area contributed by atoms with Crippen molar-refractivity contribution in [3.05, 3.63) is 29.3 Å². The Bertz CT molecular complexity index is 508. The molecule has 0 saturated heterocycles. The second-order valence-corrected chi connectivity index (χ2v) is 5.05. The third kappa shape index (κ3) is 1.65. The molecule has 0 aliphatic carbocycles. The van der Waals surface area contributed by atoms with Gasteiger partial charge in [-0.15, -0.1) is 11.6 Å². The predicted molar refractivity (Wildman–Crippen MR) is 67.9 cm³/mol. The normalized spacial score (nSPS) is 17.2. The number of hydrogen-bond donors (Lipinski definition) is 0. The fourth-order valence-corrected chi connectivity index (χ4v) is 2.38. The van der Waals surface area contributed by atoms with Crippen LogP contribution in [0.25, 0.3) is 0 Å². The summed E-state index contributed by atoms with van der Waals surface area (Å²) in [4.78, 5) is 25.2. The molecule has 0 atom stereocenters. The molecule has 2 rings (SSSR count). The van der Waals surface area contributed by atoms with Crippen LogP contribution >= 0.6 is 11.6 Å². The van der Waals surface area contributed by atoms with Crippen molar-refractivity contribution < 1.29 is 9.59 Å². The van der Waals surface area contributed by atoms with Gasteiger partial charge in [0.2, 0.25) is 5.91 Å². The smallest absolute Gasteiger partial charge is 0.236 e. The van der Waals surface area contributed by atoms with Crippen molar-refractivity contribution in [2.24, 2.45) is 0 Å². The summed E-state index contributed by atoms with van der Waals surface area (Å²) in [7, 11) is 1.75. The third-order valence-electron chi connectivity index (χ3n) is 3.31. The van der Waals surface area contributed by atoms with E-state index in [4.69, 9.17) is 11.6 Å². The molecule has 0 spiro atoms. The van der Waals surface area contributed by atoms with E-state index in [0.717, 1.165) is 11.3 Å². The number of alkyl halides is 1. The van der Waals surface area contributed by atoms with Crippen LogP contribution < -0.4 is 4.90 Å². The molecule has 17 heavy (non-hydrogen) atoms. The van der Waals surface area contributed by atoms with E-state index >= 15 is 0 Å². The number of ketones is 1. The van der Waals surface area contributed by atoms with Crippen molar-refractivity contribution in [2.45, 2.75) is 19.3 Å². The van der Waals surface area contributed by atoms with Gasteiger partial charge in [-0.2, -0.15) is 0 Å². The maximum Gasteiger partial charge on any atom is 0.236 e. The summed E-state index contributed by atoms with van der Waals surface area (Å²) in [5.41, 5.74) is 1.74. The molecule has 0 fully saturated rings. The van der Waals surface area contributed by atoms with Gasteiger partial charge in [-0.05, 0) is 37.6 Å². The molecular weight excluding hydrogens is 238 g/mol. The van der Waals surface area contributed by atoms with Gasteiger partial charge in [-0.25, -0.2) is 0 Å². The van der Waals surface area contributed by atoms with Crippen molar-refractivity contribution in [1.82, 2.24) is 0 Å². The molecule has 0 radical (unpaired) electrons. The van der Waals surface area contributed by atoms with Crippen LogP contribution in [0.4, 0.5) is 5.69 Å². The molecule has 0 saturated carbocycles. The van der Waals surface area contributed by atoms with E-state index in [2.05, 4.69) is 0 Å². The number of likely N-dealkylation sites (N-methyl/N-ethyl adjacent to an activating group) is 1. The first-order valence-corrected chi connectivity index (χ1v) is 5.95. The average Bonchev–Trinajstić information content (AvgIpc) is 2.50. The Hall–Kier alpha value is -1.35. The number of fused-ring (bicyclic) bond motifs is 1. The Morgan fingerprint density at radius 2 is 2.06 bits per heavy atom.